The summed E-state index contributed by atoms with van der Waals surface area (Å²) in [6.45, 7) is 4.09. The second kappa shape index (κ2) is 12.5. The highest BCUT2D eigenvalue weighted by atomic mass is 16.4. The Labute approximate surface area is 284 Å². The van der Waals surface area contributed by atoms with Crippen molar-refractivity contribution in [1.82, 2.24) is 9.78 Å². The highest BCUT2D eigenvalue weighted by Gasteiger charge is 2.42. The van der Waals surface area contributed by atoms with Gasteiger partial charge >= 0.3 is 5.97 Å². The molecule has 2 aliphatic rings. The smallest absolute Gasteiger partial charge is 0.335 e. The van der Waals surface area contributed by atoms with Crippen molar-refractivity contribution >= 4 is 41.6 Å². The lowest BCUT2D eigenvalue weighted by atomic mass is 9.95. The standard InChI is InChI=1S/C43H35N3O3/c1-28-37(42(47)46(44-28)35-22-18-33(19-23-35)43(48)49)26-30-17-24-41-39(27-30)36-13-8-14-40(36)45(41)34-20-15-29(16-21-34)25-38(31-9-4-2-5-10-31)32-11-6-3-7-12-32/h2-7,9-12,15-27,36,40,44H,1,8,13-14H2,(H,48,49)/b37-26-. The van der Waals surface area contributed by atoms with Gasteiger partial charge in [0, 0.05) is 23.3 Å². The summed E-state index contributed by atoms with van der Waals surface area (Å²) in [5.41, 5.74) is 9.89. The fourth-order valence-electron chi connectivity index (χ4n) is 7.51. The summed E-state index contributed by atoms with van der Waals surface area (Å²) < 4.78 is 1.41. The van der Waals surface area contributed by atoms with Crippen LogP contribution in [0.5, 0.6) is 0 Å². The average Bonchev–Trinajstić information content (AvgIpc) is 3.81. The van der Waals surface area contributed by atoms with Crippen LogP contribution in [0.15, 0.2) is 132 Å². The largest absolute Gasteiger partial charge is 0.478 e. The maximum Gasteiger partial charge on any atom is 0.335 e. The molecule has 0 saturated heterocycles. The van der Waals surface area contributed by atoms with Crippen LogP contribution in [-0.4, -0.2) is 26.9 Å². The number of carbonyl (C=O) groups is 1. The molecular formula is C43H35N3O3. The molecule has 6 aromatic rings. The first-order valence-corrected chi connectivity index (χ1v) is 16.7. The third kappa shape index (κ3) is 5.61. The number of anilines is 2. The summed E-state index contributed by atoms with van der Waals surface area (Å²) >= 11 is 0. The molecule has 0 radical (unpaired) electrons. The number of hydrogen-bond donors (Lipinski definition) is 2. The summed E-state index contributed by atoms with van der Waals surface area (Å²) in [6.07, 6.45) is 7.63. The molecule has 8 rings (SSSR count). The maximum atomic E-state index is 13.5. The van der Waals surface area contributed by atoms with Gasteiger partial charge in [0.2, 0.25) is 0 Å². The number of fused-ring (bicyclic) bond motifs is 3. The minimum atomic E-state index is -1.01. The van der Waals surface area contributed by atoms with Gasteiger partial charge < -0.3 is 10.0 Å². The van der Waals surface area contributed by atoms with Crippen molar-refractivity contribution in [1.29, 1.82) is 0 Å². The molecule has 1 saturated carbocycles. The predicted molar refractivity (Wildman–Crippen MR) is 197 cm³/mol. The number of aromatic carboxylic acids is 1. The van der Waals surface area contributed by atoms with E-state index in [9.17, 15) is 14.7 Å². The van der Waals surface area contributed by atoms with Crippen molar-refractivity contribution in [2.24, 2.45) is 0 Å². The second-order valence-electron chi connectivity index (χ2n) is 12.8. The lowest BCUT2D eigenvalue weighted by molar-refractivity contribution is 0.0697. The van der Waals surface area contributed by atoms with Gasteiger partial charge in [-0.25, -0.2) is 9.48 Å². The van der Waals surface area contributed by atoms with Gasteiger partial charge in [-0.15, -0.1) is 0 Å². The van der Waals surface area contributed by atoms with E-state index in [1.807, 2.05) is 18.2 Å². The van der Waals surface area contributed by atoms with Crippen molar-refractivity contribution < 1.29 is 9.90 Å². The van der Waals surface area contributed by atoms with E-state index >= 15 is 0 Å². The zero-order chi connectivity index (χ0) is 33.5. The van der Waals surface area contributed by atoms with Crippen molar-refractivity contribution in [2.75, 3.05) is 4.90 Å². The van der Waals surface area contributed by atoms with Crippen LogP contribution < -0.4 is 21.0 Å². The number of carboxylic acids is 1. The van der Waals surface area contributed by atoms with Crippen LogP contribution in [0.1, 0.15) is 63.4 Å². The predicted octanol–water partition coefficient (Wildman–Crippen LogP) is 7.48. The van der Waals surface area contributed by atoms with Crippen molar-refractivity contribution in [2.45, 2.75) is 31.2 Å². The van der Waals surface area contributed by atoms with E-state index in [1.165, 1.54) is 56.9 Å². The van der Waals surface area contributed by atoms with Crippen LogP contribution in [0.2, 0.25) is 0 Å². The van der Waals surface area contributed by atoms with E-state index in [1.54, 1.807) is 12.1 Å². The van der Waals surface area contributed by atoms with Crippen LogP contribution in [0, 0.1) is 0 Å². The highest BCUT2D eigenvalue weighted by molar-refractivity contribution is 5.91. The second-order valence-corrected chi connectivity index (χ2v) is 12.8. The van der Waals surface area contributed by atoms with Gasteiger partial charge in [0.15, 0.2) is 0 Å². The molecule has 2 atom stereocenters. The SMILES string of the molecule is C=c1[nH]n(-c2ccc(C(=O)O)cc2)c(=O)/c1=C\c1ccc2c(c1)C1CCCC1N2c1ccc(C=C(c2ccccc2)c2ccccc2)cc1. The number of rotatable bonds is 7. The first-order valence-electron chi connectivity index (χ1n) is 16.7. The van der Waals surface area contributed by atoms with Gasteiger partial charge in [0.05, 0.1) is 21.8 Å². The molecule has 1 aliphatic carbocycles. The van der Waals surface area contributed by atoms with Gasteiger partial charge in [-0.2, -0.15) is 0 Å². The van der Waals surface area contributed by atoms with E-state index in [0.29, 0.717) is 28.2 Å². The Bertz CT molecular complexity index is 2330. The Morgan fingerprint density at radius 1 is 0.755 bits per heavy atom. The van der Waals surface area contributed by atoms with E-state index in [2.05, 4.69) is 114 Å². The Hall–Kier alpha value is -6.14. The average molecular weight is 642 g/mol. The monoisotopic (exact) mass is 641 g/mol. The lowest BCUT2D eigenvalue weighted by Crippen LogP contribution is -2.33. The number of benzene rings is 5. The van der Waals surface area contributed by atoms with Crippen molar-refractivity contribution in [3.8, 4) is 5.69 Å². The summed E-state index contributed by atoms with van der Waals surface area (Å²) in [4.78, 5) is 27.2. The maximum absolute atomic E-state index is 13.5. The Kier molecular flexibility index (Phi) is 7.69. The third-order valence-electron chi connectivity index (χ3n) is 9.86. The molecule has 0 spiro atoms. The molecule has 1 aromatic heterocycles. The van der Waals surface area contributed by atoms with Gasteiger partial charge in [0.25, 0.3) is 5.56 Å². The van der Waals surface area contributed by atoms with Crippen LogP contribution in [0.25, 0.3) is 30.0 Å². The first-order chi connectivity index (χ1) is 23.9. The summed E-state index contributed by atoms with van der Waals surface area (Å²) in [5, 5.41) is 13.3. The Morgan fingerprint density at radius 3 is 2.04 bits per heavy atom. The minimum Gasteiger partial charge on any atom is -0.478 e. The number of hydrogen-bond acceptors (Lipinski definition) is 3. The normalized spacial score (nSPS) is 16.7. The molecule has 5 aromatic carbocycles. The lowest BCUT2D eigenvalue weighted by Gasteiger charge is -2.27. The van der Waals surface area contributed by atoms with Gasteiger partial charge in [-0.3, -0.25) is 9.89 Å². The molecule has 1 aliphatic heterocycles. The fraction of sp³-hybridized carbons (Fsp3) is 0.116. The summed E-state index contributed by atoms with van der Waals surface area (Å²) in [5.74, 6) is -0.581. The Balaban J connectivity index is 1.12. The molecular weight excluding hydrogens is 606 g/mol. The molecule has 49 heavy (non-hydrogen) atoms. The molecule has 2 unspecified atom stereocenters. The van der Waals surface area contributed by atoms with E-state index in [-0.39, 0.29) is 11.1 Å². The zero-order valence-electron chi connectivity index (χ0n) is 26.9. The molecule has 2 heterocycles. The Morgan fingerprint density at radius 2 is 1.39 bits per heavy atom. The molecule has 6 nitrogen and oxygen atoms in total. The summed E-state index contributed by atoms with van der Waals surface area (Å²) in [7, 11) is 0. The highest BCUT2D eigenvalue weighted by Crippen LogP contribution is 2.52. The zero-order valence-corrected chi connectivity index (χ0v) is 26.9. The van der Waals surface area contributed by atoms with Crippen LogP contribution >= 0.6 is 0 Å². The quantitative estimate of drug-likeness (QED) is 0.177. The topological polar surface area (TPSA) is 78.3 Å². The summed E-state index contributed by atoms with van der Waals surface area (Å²) in [6, 6.07) is 43.1. The molecule has 6 heteroatoms. The number of H-pyrrole nitrogens is 1. The first kappa shape index (κ1) is 30.2. The third-order valence-corrected chi connectivity index (χ3v) is 9.86. The molecule has 240 valence electrons. The van der Waals surface area contributed by atoms with E-state index in [4.69, 9.17) is 0 Å². The number of nitrogens with zero attached hydrogens (tertiary/aromatic N) is 2. The molecule has 1 fully saturated rings. The number of nitrogens with one attached hydrogen (secondary N) is 1. The number of aromatic amines is 1. The van der Waals surface area contributed by atoms with E-state index in [0.717, 1.165) is 24.0 Å². The minimum absolute atomic E-state index is 0.162. The molecule has 0 bridgehead atoms. The van der Waals surface area contributed by atoms with Gasteiger partial charge in [-0.05, 0) is 107 Å². The number of carboxylic acid groups (broad SMARTS) is 1. The van der Waals surface area contributed by atoms with Crippen molar-refractivity contribution in [3.05, 3.63) is 182 Å². The van der Waals surface area contributed by atoms with Gasteiger partial charge in [-0.1, -0.05) is 91.9 Å². The van der Waals surface area contributed by atoms with Crippen LogP contribution in [0.4, 0.5) is 11.4 Å². The van der Waals surface area contributed by atoms with Crippen LogP contribution in [0.3, 0.4) is 0 Å². The number of aromatic nitrogens is 2. The molecule has 0 amide bonds. The van der Waals surface area contributed by atoms with E-state index < -0.39 is 5.97 Å². The van der Waals surface area contributed by atoms with Crippen molar-refractivity contribution in [3.63, 3.8) is 0 Å². The fourth-order valence-corrected chi connectivity index (χ4v) is 7.51. The molecule has 2 N–H and O–H groups in total. The van der Waals surface area contributed by atoms with Gasteiger partial charge in [0.1, 0.15) is 0 Å². The van der Waals surface area contributed by atoms with Crippen LogP contribution in [-0.2, 0) is 0 Å².